The van der Waals surface area contributed by atoms with Crippen molar-refractivity contribution >= 4 is 0 Å². The van der Waals surface area contributed by atoms with Crippen LogP contribution in [0.4, 0.5) is 0 Å². The van der Waals surface area contributed by atoms with Gasteiger partial charge in [0.15, 0.2) is 0 Å². The minimum atomic E-state index is 0.424. The maximum Gasteiger partial charge on any atom is 0.123 e. The molecule has 2 aliphatic rings. The molecule has 2 heterocycles. The molecule has 2 aliphatic heterocycles. The second kappa shape index (κ2) is 6.12. The molecule has 1 aromatic carbocycles. The number of piperazine rings is 1. The van der Waals surface area contributed by atoms with E-state index in [0.29, 0.717) is 6.04 Å². The first kappa shape index (κ1) is 13.9. The smallest absolute Gasteiger partial charge is 0.123 e. The van der Waals surface area contributed by atoms with Gasteiger partial charge in [-0.05, 0) is 13.0 Å². The summed E-state index contributed by atoms with van der Waals surface area (Å²) in [7, 11) is 1.76. The lowest BCUT2D eigenvalue weighted by Gasteiger charge is -2.44. The minimum absolute atomic E-state index is 0.424. The summed E-state index contributed by atoms with van der Waals surface area (Å²) in [6.07, 6.45) is 0. The summed E-state index contributed by atoms with van der Waals surface area (Å²) >= 11 is 0. The average molecular weight is 275 g/mol. The van der Waals surface area contributed by atoms with Crippen LogP contribution in [0.1, 0.15) is 18.5 Å². The van der Waals surface area contributed by atoms with E-state index < -0.39 is 0 Å². The highest BCUT2D eigenvalue weighted by Gasteiger charge is 2.29. The van der Waals surface area contributed by atoms with Gasteiger partial charge in [0.05, 0.1) is 7.11 Å². The maximum atomic E-state index is 5.50. The van der Waals surface area contributed by atoms with Gasteiger partial charge in [-0.1, -0.05) is 18.2 Å². The molecule has 110 valence electrons. The highest BCUT2D eigenvalue weighted by molar-refractivity contribution is 5.35. The van der Waals surface area contributed by atoms with Crippen molar-refractivity contribution in [3.8, 4) is 5.75 Å². The third-order valence-electron chi connectivity index (χ3n) is 4.76. The Hall–Kier alpha value is -1.10. The number of hydrogen-bond donors (Lipinski definition) is 1. The normalized spacial score (nSPS) is 23.3. The molecule has 0 bridgehead atoms. The Kier molecular flexibility index (Phi) is 4.24. The number of para-hydroxylation sites is 1. The van der Waals surface area contributed by atoms with Crippen LogP contribution in [0.5, 0.6) is 5.75 Å². The lowest BCUT2D eigenvalue weighted by Crippen LogP contribution is -2.61. The van der Waals surface area contributed by atoms with Crippen molar-refractivity contribution in [2.45, 2.75) is 19.0 Å². The number of nitrogens with one attached hydrogen (secondary N) is 1. The van der Waals surface area contributed by atoms with Crippen molar-refractivity contribution in [1.29, 1.82) is 0 Å². The van der Waals surface area contributed by atoms with Crippen molar-refractivity contribution in [3.05, 3.63) is 29.8 Å². The fourth-order valence-corrected chi connectivity index (χ4v) is 3.23. The number of benzene rings is 1. The van der Waals surface area contributed by atoms with E-state index in [0.717, 1.165) is 24.9 Å². The van der Waals surface area contributed by atoms with Gasteiger partial charge in [0.1, 0.15) is 5.75 Å². The molecular weight excluding hydrogens is 250 g/mol. The highest BCUT2D eigenvalue weighted by Crippen LogP contribution is 2.29. The molecule has 1 unspecified atom stereocenters. The van der Waals surface area contributed by atoms with E-state index in [2.05, 4.69) is 40.2 Å². The van der Waals surface area contributed by atoms with Gasteiger partial charge in [-0.15, -0.1) is 0 Å². The average Bonchev–Trinajstić information content (AvgIpc) is 2.45. The number of methoxy groups -OCH3 is 1. The molecule has 0 amide bonds. The summed E-state index contributed by atoms with van der Waals surface area (Å²) in [5.41, 5.74) is 1.30. The van der Waals surface area contributed by atoms with Crippen molar-refractivity contribution in [3.63, 3.8) is 0 Å². The zero-order chi connectivity index (χ0) is 13.9. The van der Waals surface area contributed by atoms with Crippen LogP contribution in [0.2, 0.25) is 0 Å². The Morgan fingerprint density at radius 3 is 2.45 bits per heavy atom. The fraction of sp³-hybridized carbons (Fsp3) is 0.625. The van der Waals surface area contributed by atoms with Gasteiger partial charge < -0.3 is 10.1 Å². The number of nitrogens with zero attached hydrogens (tertiary/aromatic N) is 2. The molecule has 3 rings (SSSR count). The van der Waals surface area contributed by atoms with Crippen LogP contribution in [0.3, 0.4) is 0 Å². The van der Waals surface area contributed by atoms with Gasteiger partial charge in [0.25, 0.3) is 0 Å². The molecule has 20 heavy (non-hydrogen) atoms. The third kappa shape index (κ3) is 2.68. The molecular formula is C16H25N3O. The van der Waals surface area contributed by atoms with E-state index in [4.69, 9.17) is 4.74 Å². The summed E-state index contributed by atoms with van der Waals surface area (Å²) < 4.78 is 5.50. The van der Waals surface area contributed by atoms with E-state index in [1.807, 2.05) is 6.07 Å². The molecule has 0 spiro atoms. The second-order valence-electron chi connectivity index (χ2n) is 5.80. The molecule has 0 saturated carbocycles. The Bertz CT molecular complexity index is 439. The summed E-state index contributed by atoms with van der Waals surface area (Å²) in [6.45, 7) is 9.30. The van der Waals surface area contributed by atoms with Gasteiger partial charge >= 0.3 is 0 Å². The summed E-state index contributed by atoms with van der Waals surface area (Å²) in [6, 6.07) is 9.58. The lowest BCUT2D eigenvalue weighted by molar-refractivity contribution is 0.0547. The van der Waals surface area contributed by atoms with Gasteiger partial charge in [-0.2, -0.15) is 0 Å². The first-order valence-electron chi connectivity index (χ1n) is 7.61. The Labute approximate surface area is 121 Å². The molecule has 1 atom stereocenters. The van der Waals surface area contributed by atoms with Crippen LogP contribution in [-0.2, 0) is 0 Å². The molecule has 2 fully saturated rings. The summed E-state index contributed by atoms with van der Waals surface area (Å²) in [5.74, 6) is 1.01. The Morgan fingerprint density at radius 2 is 1.85 bits per heavy atom. The van der Waals surface area contributed by atoms with E-state index >= 15 is 0 Å². The molecule has 1 N–H and O–H groups in total. The monoisotopic (exact) mass is 275 g/mol. The van der Waals surface area contributed by atoms with Crippen LogP contribution in [0, 0.1) is 0 Å². The zero-order valence-corrected chi connectivity index (χ0v) is 12.5. The van der Waals surface area contributed by atoms with Crippen LogP contribution in [0.25, 0.3) is 0 Å². The predicted molar refractivity (Wildman–Crippen MR) is 81.2 cm³/mol. The first-order valence-corrected chi connectivity index (χ1v) is 7.61. The van der Waals surface area contributed by atoms with Crippen molar-refractivity contribution in [2.24, 2.45) is 0 Å². The van der Waals surface area contributed by atoms with Crippen LogP contribution < -0.4 is 10.1 Å². The topological polar surface area (TPSA) is 27.7 Å². The summed E-state index contributed by atoms with van der Waals surface area (Å²) in [4.78, 5) is 5.20. The molecule has 4 nitrogen and oxygen atoms in total. The van der Waals surface area contributed by atoms with Crippen LogP contribution >= 0.6 is 0 Å². The number of hydrogen-bond acceptors (Lipinski definition) is 4. The standard InChI is InChI=1S/C16H25N3O/c1-13(15-5-3-4-6-16(15)20-2)18-7-9-19(10-8-18)14-11-17-12-14/h3-6,13-14,17H,7-12H2,1-2H3. The molecule has 0 aromatic heterocycles. The first-order chi connectivity index (χ1) is 9.79. The molecule has 0 radical (unpaired) electrons. The molecule has 2 saturated heterocycles. The van der Waals surface area contributed by atoms with Crippen molar-refractivity contribution in [2.75, 3.05) is 46.4 Å². The lowest BCUT2D eigenvalue weighted by atomic mass is 10.0. The second-order valence-corrected chi connectivity index (χ2v) is 5.80. The van der Waals surface area contributed by atoms with Crippen molar-refractivity contribution < 1.29 is 4.74 Å². The minimum Gasteiger partial charge on any atom is -0.496 e. The maximum absolute atomic E-state index is 5.50. The fourth-order valence-electron chi connectivity index (χ4n) is 3.23. The van der Waals surface area contributed by atoms with Crippen LogP contribution in [-0.4, -0.2) is 62.2 Å². The van der Waals surface area contributed by atoms with Gasteiger partial charge in [0, 0.05) is 56.9 Å². The highest BCUT2D eigenvalue weighted by atomic mass is 16.5. The van der Waals surface area contributed by atoms with Gasteiger partial charge in [-0.25, -0.2) is 0 Å². The number of ether oxygens (including phenoxy) is 1. The Morgan fingerprint density at radius 1 is 1.15 bits per heavy atom. The molecule has 0 aliphatic carbocycles. The van der Waals surface area contributed by atoms with Gasteiger partial charge in [-0.3, -0.25) is 9.80 Å². The largest absolute Gasteiger partial charge is 0.496 e. The number of rotatable bonds is 4. The van der Waals surface area contributed by atoms with Crippen LogP contribution in [0.15, 0.2) is 24.3 Å². The van der Waals surface area contributed by atoms with Crippen molar-refractivity contribution in [1.82, 2.24) is 15.1 Å². The van der Waals surface area contributed by atoms with E-state index in [-0.39, 0.29) is 0 Å². The summed E-state index contributed by atoms with van der Waals surface area (Å²) in [5, 5.41) is 3.36. The molecule has 4 heteroatoms. The van der Waals surface area contributed by atoms with E-state index in [9.17, 15) is 0 Å². The Balaban J connectivity index is 1.62. The predicted octanol–water partition coefficient (Wildman–Crippen LogP) is 1.35. The van der Waals surface area contributed by atoms with E-state index in [1.165, 1.54) is 31.7 Å². The SMILES string of the molecule is COc1ccccc1C(C)N1CCN(C2CNC2)CC1. The quantitative estimate of drug-likeness (QED) is 0.897. The molecule has 1 aromatic rings. The third-order valence-corrected chi connectivity index (χ3v) is 4.76. The van der Waals surface area contributed by atoms with E-state index in [1.54, 1.807) is 7.11 Å². The zero-order valence-electron chi connectivity index (χ0n) is 12.5. The van der Waals surface area contributed by atoms with Gasteiger partial charge in [0.2, 0.25) is 0 Å².